The lowest BCUT2D eigenvalue weighted by Crippen LogP contribution is -2.43. The number of morpholine rings is 1. The third-order valence-corrected chi connectivity index (χ3v) is 6.13. The second-order valence-corrected chi connectivity index (χ2v) is 7.60. The Balaban J connectivity index is 1.56. The first kappa shape index (κ1) is 15.1. The minimum absolute atomic E-state index is 0.0778. The largest absolute Gasteiger partial charge is 0.377 e. The van der Waals surface area contributed by atoms with Gasteiger partial charge in [0.1, 0.15) is 0 Å². The van der Waals surface area contributed by atoms with Crippen LogP contribution in [0.3, 0.4) is 0 Å². The van der Waals surface area contributed by atoms with Crippen LogP contribution in [-0.4, -0.2) is 48.6 Å². The second kappa shape index (κ2) is 6.59. The van der Waals surface area contributed by atoms with Gasteiger partial charge in [-0.15, -0.1) is 22.7 Å². The highest BCUT2D eigenvalue weighted by Crippen LogP contribution is 2.32. The molecule has 122 valence electrons. The number of thiazole rings is 1. The molecule has 7 heteroatoms. The summed E-state index contributed by atoms with van der Waals surface area (Å²) in [6, 6.07) is 3.73. The second-order valence-electron chi connectivity index (χ2n) is 5.82. The van der Waals surface area contributed by atoms with E-state index in [-0.39, 0.29) is 11.9 Å². The van der Waals surface area contributed by atoms with E-state index in [1.165, 1.54) is 24.2 Å². The first-order chi connectivity index (χ1) is 11.3. The fourth-order valence-electron chi connectivity index (χ4n) is 3.12. The molecular weight excluding hydrogens is 330 g/mol. The van der Waals surface area contributed by atoms with Gasteiger partial charge < -0.3 is 14.5 Å². The van der Waals surface area contributed by atoms with Crippen LogP contribution < -0.4 is 4.90 Å². The third kappa shape index (κ3) is 3.00. The smallest absolute Gasteiger partial charge is 0.264 e. The Morgan fingerprint density at radius 2 is 2.13 bits per heavy atom. The molecule has 4 rings (SSSR count). The number of carbonyl (C=O) groups is 1. The summed E-state index contributed by atoms with van der Waals surface area (Å²) in [6.45, 7) is 3.92. The van der Waals surface area contributed by atoms with Crippen molar-refractivity contribution in [1.29, 1.82) is 0 Å². The van der Waals surface area contributed by atoms with Crippen LogP contribution in [0.2, 0.25) is 0 Å². The quantitative estimate of drug-likeness (QED) is 0.854. The third-order valence-electron chi connectivity index (χ3n) is 4.35. The zero-order valence-corrected chi connectivity index (χ0v) is 14.4. The summed E-state index contributed by atoms with van der Waals surface area (Å²) in [6.07, 6.45) is 2.48. The average molecular weight is 349 g/mol. The summed E-state index contributed by atoms with van der Waals surface area (Å²) < 4.78 is 5.63. The Kier molecular flexibility index (Phi) is 4.33. The highest BCUT2D eigenvalue weighted by atomic mass is 32.1. The van der Waals surface area contributed by atoms with E-state index in [1.807, 2.05) is 22.4 Å². The number of hydrogen-bond donors (Lipinski definition) is 0. The summed E-state index contributed by atoms with van der Waals surface area (Å²) >= 11 is 3.17. The molecule has 0 spiro atoms. The zero-order chi connectivity index (χ0) is 15.6. The Hall–Kier alpha value is -1.44. The molecule has 0 bridgehead atoms. The molecule has 0 N–H and O–H groups in total. The molecule has 2 saturated heterocycles. The maximum absolute atomic E-state index is 12.8. The van der Waals surface area contributed by atoms with Crippen molar-refractivity contribution in [1.82, 2.24) is 9.88 Å². The van der Waals surface area contributed by atoms with Crippen molar-refractivity contribution in [2.75, 3.05) is 37.7 Å². The Labute approximate surface area is 143 Å². The van der Waals surface area contributed by atoms with Crippen LogP contribution in [0, 0.1) is 0 Å². The van der Waals surface area contributed by atoms with Crippen molar-refractivity contribution in [3.8, 4) is 0 Å². The summed E-state index contributed by atoms with van der Waals surface area (Å²) in [5.41, 5.74) is 0.960. The first-order valence-electron chi connectivity index (χ1n) is 7.95. The lowest BCUT2D eigenvalue weighted by molar-refractivity contribution is -0.00345. The normalized spacial score (nSPS) is 21.8. The average Bonchev–Trinajstić information content (AvgIpc) is 3.35. The first-order valence-corrected chi connectivity index (χ1v) is 9.71. The van der Waals surface area contributed by atoms with Crippen molar-refractivity contribution in [3.05, 3.63) is 33.5 Å². The topological polar surface area (TPSA) is 45.7 Å². The highest BCUT2D eigenvalue weighted by Gasteiger charge is 2.32. The fourth-order valence-corrected chi connectivity index (χ4v) is 4.72. The lowest BCUT2D eigenvalue weighted by Gasteiger charge is -2.34. The van der Waals surface area contributed by atoms with E-state index in [1.54, 1.807) is 11.3 Å². The number of aromatic nitrogens is 1. The van der Waals surface area contributed by atoms with Crippen LogP contribution >= 0.6 is 22.7 Å². The van der Waals surface area contributed by atoms with Gasteiger partial charge in [-0.25, -0.2) is 4.98 Å². The molecule has 2 aliphatic heterocycles. The Morgan fingerprint density at radius 3 is 2.91 bits per heavy atom. The molecule has 1 atom stereocenters. The molecule has 2 aromatic heterocycles. The molecule has 0 radical (unpaired) electrons. The number of amides is 1. The van der Waals surface area contributed by atoms with Gasteiger partial charge in [-0.05, 0) is 24.3 Å². The molecule has 2 fully saturated rings. The summed E-state index contributed by atoms with van der Waals surface area (Å²) in [5, 5.41) is 5.10. The molecule has 5 nitrogen and oxygen atoms in total. The summed E-state index contributed by atoms with van der Waals surface area (Å²) in [5.74, 6) is 0.0871. The number of rotatable bonds is 3. The Bertz CT molecular complexity index is 665. The van der Waals surface area contributed by atoms with Gasteiger partial charge in [0, 0.05) is 25.0 Å². The van der Waals surface area contributed by atoms with Crippen molar-refractivity contribution >= 4 is 33.7 Å². The predicted octanol–water partition coefficient (Wildman–Crippen LogP) is 3.02. The number of thiophene rings is 1. The number of ether oxygens (including phenoxy) is 1. The minimum Gasteiger partial charge on any atom is -0.377 e. The number of hydrogen-bond acceptors (Lipinski definition) is 6. The van der Waals surface area contributed by atoms with E-state index < -0.39 is 0 Å². The van der Waals surface area contributed by atoms with Gasteiger partial charge in [0.2, 0.25) is 0 Å². The lowest BCUT2D eigenvalue weighted by atomic mass is 10.1. The standard InChI is InChI=1S/C16H19N3O2S2/c20-15(14-4-3-9-22-14)19-7-8-21-10-13(19)12-11-23-16(17-12)18-5-1-2-6-18/h3-4,9,11,13H,1-2,5-8,10H2/t13-/m0/s1. The monoisotopic (exact) mass is 349 g/mol. The van der Waals surface area contributed by atoms with Crippen molar-refractivity contribution in [3.63, 3.8) is 0 Å². The van der Waals surface area contributed by atoms with E-state index in [2.05, 4.69) is 10.3 Å². The molecule has 0 aliphatic carbocycles. The van der Waals surface area contributed by atoms with Gasteiger partial charge in [-0.3, -0.25) is 4.79 Å². The van der Waals surface area contributed by atoms with E-state index in [0.717, 1.165) is 28.8 Å². The molecule has 2 aromatic rings. The maximum Gasteiger partial charge on any atom is 0.264 e. The highest BCUT2D eigenvalue weighted by molar-refractivity contribution is 7.13. The molecule has 0 aromatic carbocycles. The molecule has 0 unspecified atom stereocenters. The Morgan fingerprint density at radius 1 is 1.26 bits per heavy atom. The fraction of sp³-hybridized carbons (Fsp3) is 0.500. The van der Waals surface area contributed by atoms with Gasteiger partial charge in [0.05, 0.1) is 29.8 Å². The maximum atomic E-state index is 12.8. The van der Waals surface area contributed by atoms with Crippen LogP contribution in [0.5, 0.6) is 0 Å². The SMILES string of the molecule is O=C(c1cccs1)N1CCOC[C@H]1c1csc(N2CCCC2)n1. The minimum atomic E-state index is -0.0778. The van der Waals surface area contributed by atoms with Crippen molar-refractivity contribution in [2.24, 2.45) is 0 Å². The zero-order valence-electron chi connectivity index (χ0n) is 12.8. The van der Waals surface area contributed by atoms with Crippen LogP contribution in [0.25, 0.3) is 0 Å². The van der Waals surface area contributed by atoms with Crippen molar-refractivity contribution < 1.29 is 9.53 Å². The molecule has 2 aliphatic rings. The number of anilines is 1. The van der Waals surface area contributed by atoms with E-state index in [9.17, 15) is 4.79 Å². The van der Waals surface area contributed by atoms with Gasteiger partial charge in [0.25, 0.3) is 5.91 Å². The predicted molar refractivity (Wildman–Crippen MR) is 92.5 cm³/mol. The van der Waals surface area contributed by atoms with E-state index in [0.29, 0.717) is 19.8 Å². The van der Waals surface area contributed by atoms with Crippen LogP contribution in [0.15, 0.2) is 22.9 Å². The number of nitrogens with zero attached hydrogens (tertiary/aromatic N) is 3. The van der Waals surface area contributed by atoms with Gasteiger partial charge in [-0.2, -0.15) is 0 Å². The molecular formula is C16H19N3O2S2. The van der Waals surface area contributed by atoms with Gasteiger partial charge in [-0.1, -0.05) is 6.07 Å². The van der Waals surface area contributed by atoms with Crippen LogP contribution in [0.1, 0.15) is 34.2 Å². The molecule has 0 saturated carbocycles. The summed E-state index contributed by atoms with van der Waals surface area (Å²) in [7, 11) is 0. The summed E-state index contributed by atoms with van der Waals surface area (Å²) in [4.78, 5) is 22.6. The van der Waals surface area contributed by atoms with Crippen molar-refractivity contribution in [2.45, 2.75) is 18.9 Å². The number of carbonyl (C=O) groups excluding carboxylic acids is 1. The van der Waals surface area contributed by atoms with Gasteiger partial charge in [0.15, 0.2) is 5.13 Å². The van der Waals surface area contributed by atoms with Crippen LogP contribution in [0.4, 0.5) is 5.13 Å². The van der Waals surface area contributed by atoms with Gasteiger partial charge >= 0.3 is 0 Å². The van der Waals surface area contributed by atoms with E-state index in [4.69, 9.17) is 9.72 Å². The molecule has 23 heavy (non-hydrogen) atoms. The molecule has 1 amide bonds. The van der Waals surface area contributed by atoms with E-state index >= 15 is 0 Å². The molecule has 4 heterocycles. The van der Waals surface area contributed by atoms with Crippen LogP contribution in [-0.2, 0) is 4.74 Å².